The fraction of sp³-hybridized carbons (Fsp3) is 0.929. The molecule has 0 aromatic rings. The van der Waals surface area contributed by atoms with E-state index < -0.39 is 12.1 Å². The number of halogens is 3. The maximum absolute atomic E-state index is 12.7. The number of nitrogens with two attached hydrogens (primary N) is 1. The first kappa shape index (κ1) is 15.4. The third-order valence-corrected chi connectivity index (χ3v) is 4.56. The normalized spacial score (nSPS) is 29.1. The molecule has 116 valence electrons. The predicted molar refractivity (Wildman–Crippen MR) is 73.3 cm³/mol. The van der Waals surface area contributed by atoms with E-state index >= 15 is 0 Å². The number of nitrogens with one attached hydrogen (secondary N) is 1. The minimum atomic E-state index is -4.06. The van der Waals surface area contributed by atoms with E-state index in [2.05, 4.69) is 10.3 Å². The van der Waals surface area contributed by atoms with Crippen LogP contribution in [0.1, 0.15) is 44.9 Å². The molecule has 0 saturated heterocycles. The van der Waals surface area contributed by atoms with E-state index in [9.17, 15) is 13.2 Å². The van der Waals surface area contributed by atoms with Gasteiger partial charge >= 0.3 is 6.18 Å². The van der Waals surface area contributed by atoms with Gasteiger partial charge in [-0.2, -0.15) is 13.2 Å². The van der Waals surface area contributed by atoms with E-state index in [0.717, 1.165) is 13.0 Å². The highest BCUT2D eigenvalue weighted by atomic mass is 19.4. The van der Waals surface area contributed by atoms with Gasteiger partial charge in [0.15, 0.2) is 5.96 Å². The summed E-state index contributed by atoms with van der Waals surface area (Å²) in [7, 11) is 0. The van der Waals surface area contributed by atoms with Crippen molar-refractivity contribution >= 4 is 5.96 Å². The summed E-state index contributed by atoms with van der Waals surface area (Å²) in [5, 5.41) is 3.07. The molecule has 6 heteroatoms. The van der Waals surface area contributed by atoms with Crippen LogP contribution < -0.4 is 11.1 Å². The molecule has 0 bridgehead atoms. The number of hydrogen-bond acceptors (Lipinski definition) is 1. The van der Waals surface area contributed by atoms with Crippen molar-refractivity contribution in [3.05, 3.63) is 0 Å². The van der Waals surface area contributed by atoms with Crippen molar-refractivity contribution in [3.63, 3.8) is 0 Å². The molecule has 2 aliphatic rings. The molecule has 2 unspecified atom stereocenters. The molecule has 0 heterocycles. The lowest BCUT2D eigenvalue weighted by molar-refractivity contribution is -0.185. The highest BCUT2D eigenvalue weighted by Crippen LogP contribution is 2.39. The summed E-state index contributed by atoms with van der Waals surface area (Å²) in [4.78, 5) is 4.21. The first-order valence-corrected chi connectivity index (χ1v) is 7.55. The molecule has 20 heavy (non-hydrogen) atoms. The van der Waals surface area contributed by atoms with Crippen LogP contribution in [0.5, 0.6) is 0 Å². The molecular weight excluding hydrogens is 267 g/mol. The Morgan fingerprint density at radius 2 is 1.75 bits per heavy atom. The van der Waals surface area contributed by atoms with Gasteiger partial charge in [0.25, 0.3) is 0 Å². The fourth-order valence-corrected chi connectivity index (χ4v) is 2.98. The van der Waals surface area contributed by atoms with E-state index in [-0.39, 0.29) is 18.8 Å². The first-order valence-electron chi connectivity index (χ1n) is 7.55. The Bertz CT molecular complexity index is 337. The standard InChI is InChI=1S/C14H24F3N3/c15-14(16,17)12-6-2-5-11(7-12)9-20-13(18)19-8-10-3-1-4-10/h10-12H,1-9H2,(H3,18,19,20). The van der Waals surface area contributed by atoms with Gasteiger partial charge in [0.1, 0.15) is 0 Å². The van der Waals surface area contributed by atoms with Crippen LogP contribution in [0.3, 0.4) is 0 Å². The van der Waals surface area contributed by atoms with Crippen LogP contribution >= 0.6 is 0 Å². The Labute approximate surface area is 118 Å². The van der Waals surface area contributed by atoms with Crippen LogP contribution in [0.2, 0.25) is 0 Å². The monoisotopic (exact) mass is 291 g/mol. The lowest BCUT2D eigenvalue weighted by atomic mass is 9.81. The Morgan fingerprint density at radius 3 is 2.35 bits per heavy atom. The second-order valence-electron chi connectivity index (χ2n) is 6.17. The summed E-state index contributed by atoms with van der Waals surface area (Å²) in [6.45, 7) is 1.25. The Morgan fingerprint density at radius 1 is 1.10 bits per heavy atom. The predicted octanol–water partition coefficient (Wildman–Crippen LogP) is 3.06. The zero-order chi connectivity index (χ0) is 14.6. The summed E-state index contributed by atoms with van der Waals surface area (Å²) < 4.78 is 38.1. The Kier molecular flexibility index (Phi) is 5.16. The quantitative estimate of drug-likeness (QED) is 0.618. The molecule has 0 amide bonds. The van der Waals surface area contributed by atoms with Gasteiger partial charge in [0.05, 0.1) is 5.92 Å². The van der Waals surface area contributed by atoms with Gasteiger partial charge < -0.3 is 11.1 Å². The van der Waals surface area contributed by atoms with E-state index in [1.54, 1.807) is 0 Å². The first-order chi connectivity index (χ1) is 9.45. The summed E-state index contributed by atoms with van der Waals surface area (Å²) >= 11 is 0. The van der Waals surface area contributed by atoms with Crippen LogP contribution in [0, 0.1) is 17.8 Å². The molecule has 2 atom stereocenters. The van der Waals surface area contributed by atoms with E-state index in [1.165, 1.54) is 19.3 Å². The summed E-state index contributed by atoms with van der Waals surface area (Å²) in [6, 6.07) is 0. The minimum Gasteiger partial charge on any atom is -0.370 e. The molecule has 2 fully saturated rings. The maximum atomic E-state index is 12.7. The molecule has 2 rings (SSSR count). The largest absolute Gasteiger partial charge is 0.391 e. The smallest absolute Gasteiger partial charge is 0.370 e. The summed E-state index contributed by atoms with van der Waals surface area (Å²) in [6.07, 6.45) is 1.61. The SMILES string of the molecule is NC(=NCC1CCCC(C(F)(F)F)C1)NCC1CCC1. The van der Waals surface area contributed by atoms with Gasteiger partial charge in [-0.1, -0.05) is 12.8 Å². The van der Waals surface area contributed by atoms with Crippen molar-refractivity contribution < 1.29 is 13.2 Å². The van der Waals surface area contributed by atoms with Crippen molar-refractivity contribution in [2.24, 2.45) is 28.5 Å². The molecule has 0 spiro atoms. The second-order valence-corrected chi connectivity index (χ2v) is 6.17. The van der Waals surface area contributed by atoms with E-state index in [4.69, 9.17) is 5.73 Å². The summed E-state index contributed by atoms with van der Waals surface area (Å²) in [5.74, 6) is -0.0703. The Hall–Kier alpha value is -0.940. The van der Waals surface area contributed by atoms with Gasteiger partial charge in [-0.05, 0) is 43.9 Å². The number of hydrogen-bond donors (Lipinski definition) is 2. The molecule has 2 saturated carbocycles. The van der Waals surface area contributed by atoms with Gasteiger partial charge in [-0.3, -0.25) is 4.99 Å². The van der Waals surface area contributed by atoms with Crippen LogP contribution in [0.15, 0.2) is 4.99 Å². The van der Waals surface area contributed by atoms with Crippen molar-refractivity contribution in [2.45, 2.75) is 51.1 Å². The van der Waals surface area contributed by atoms with Crippen molar-refractivity contribution in [2.75, 3.05) is 13.1 Å². The average molecular weight is 291 g/mol. The van der Waals surface area contributed by atoms with Crippen LogP contribution in [0.25, 0.3) is 0 Å². The minimum absolute atomic E-state index is 0.0134. The van der Waals surface area contributed by atoms with E-state index in [1.807, 2.05) is 0 Å². The zero-order valence-corrected chi connectivity index (χ0v) is 11.8. The highest BCUT2D eigenvalue weighted by Gasteiger charge is 2.41. The second kappa shape index (κ2) is 6.68. The summed E-state index contributed by atoms with van der Waals surface area (Å²) in [5.41, 5.74) is 5.76. The third kappa shape index (κ3) is 4.56. The van der Waals surface area contributed by atoms with Crippen molar-refractivity contribution in [1.29, 1.82) is 0 Å². The number of rotatable bonds is 4. The third-order valence-electron chi connectivity index (χ3n) is 4.56. The van der Waals surface area contributed by atoms with Crippen molar-refractivity contribution in [1.82, 2.24) is 5.32 Å². The number of alkyl halides is 3. The van der Waals surface area contributed by atoms with Crippen LogP contribution in [0.4, 0.5) is 13.2 Å². The van der Waals surface area contributed by atoms with Gasteiger partial charge in [0, 0.05) is 13.1 Å². The van der Waals surface area contributed by atoms with Gasteiger partial charge in [-0.15, -0.1) is 0 Å². The molecule has 3 N–H and O–H groups in total. The lowest BCUT2D eigenvalue weighted by Crippen LogP contribution is -2.38. The Balaban J connectivity index is 1.71. The van der Waals surface area contributed by atoms with Crippen LogP contribution in [-0.2, 0) is 0 Å². The van der Waals surface area contributed by atoms with E-state index in [0.29, 0.717) is 24.8 Å². The molecular formula is C14H24F3N3. The fourth-order valence-electron chi connectivity index (χ4n) is 2.98. The zero-order valence-electron chi connectivity index (χ0n) is 11.8. The van der Waals surface area contributed by atoms with Crippen molar-refractivity contribution in [3.8, 4) is 0 Å². The molecule has 0 aromatic carbocycles. The van der Waals surface area contributed by atoms with Crippen LogP contribution in [-0.4, -0.2) is 25.2 Å². The van der Waals surface area contributed by atoms with Gasteiger partial charge in [0.2, 0.25) is 0 Å². The molecule has 0 aromatic heterocycles. The maximum Gasteiger partial charge on any atom is 0.391 e. The number of aliphatic imine (C=N–C) groups is 1. The number of nitrogens with zero attached hydrogens (tertiary/aromatic N) is 1. The lowest BCUT2D eigenvalue weighted by Gasteiger charge is -2.29. The molecule has 0 aliphatic heterocycles. The molecule has 2 aliphatic carbocycles. The number of guanidine groups is 1. The average Bonchev–Trinajstić information content (AvgIpc) is 2.34. The topological polar surface area (TPSA) is 50.4 Å². The van der Waals surface area contributed by atoms with Gasteiger partial charge in [-0.25, -0.2) is 0 Å². The molecule has 0 radical (unpaired) electrons. The highest BCUT2D eigenvalue weighted by molar-refractivity contribution is 5.77. The molecule has 3 nitrogen and oxygen atoms in total.